The largest absolute Gasteiger partial charge is 0.297 e. The summed E-state index contributed by atoms with van der Waals surface area (Å²) in [5, 5.41) is 6.77. The van der Waals surface area contributed by atoms with Crippen LogP contribution < -0.4 is 4.90 Å². The molecule has 0 bridgehead atoms. The number of hydrogen-bond acceptors (Lipinski definition) is 5. The van der Waals surface area contributed by atoms with Crippen molar-refractivity contribution in [2.24, 2.45) is 22.4 Å². The smallest absolute Gasteiger partial charge is 0.240 e. The van der Waals surface area contributed by atoms with E-state index in [9.17, 15) is 14.4 Å². The Kier molecular flexibility index (Phi) is 4.35. The number of fused-ring (bicyclic) bond motifs is 5. The molecule has 0 aliphatic carbocycles. The van der Waals surface area contributed by atoms with Crippen LogP contribution in [-0.4, -0.2) is 34.9 Å². The Morgan fingerprint density at radius 3 is 2.29 bits per heavy atom. The lowest BCUT2D eigenvalue weighted by molar-refractivity contribution is -0.136. The molecule has 5 rings (SSSR count). The average Bonchev–Trinajstić information content (AvgIpc) is 3.20. The van der Waals surface area contributed by atoms with Gasteiger partial charge in [0, 0.05) is 10.4 Å². The highest BCUT2D eigenvalue weighted by Gasteiger charge is 2.66. The van der Waals surface area contributed by atoms with E-state index in [0.717, 1.165) is 11.1 Å². The van der Waals surface area contributed by atoms with Gasteiger partial charge in [-0.05, 0) is 35.4 Å². The van der Waals surface area contributed by atoms with E-state index < -0.39 is 29.3 Å². The number of hydrazone groups is 1. The van der Waals surface area contributed by atoms with Gasteiger partial charge in [0.1, 0.15) is 6.04 Å². The number of Topliss-reactive ketones (excluding diaryl/α,β-unsaturated/α-hetero) is 1. The van der Waals surface area contributed by atoms with Crippen molar-refractivity contribution in [2.75, 3.05) is 4.90 Å². The first kappa shape index (κ1) is 19.9. The summed E-state index contributed by atoms with van der Waals surface area (Å²) in [6, 6.07) is 13.0. The standard InChI is InChI=1S/C24H22ClN3O3/c1-24(2,3)21(29)20-18-17(19-16-7-5-4-6-13(16)12-26-28(19)20)22(30)27(23(18)31)15-10-8-14(25)9-11-15/h4-12,17-20H,1-3H3/t17-,18+,19-,20-/m1/s1. The normalized spacial score (nSPS) is 26.7. The van der Waals surface area contributed by atoms with Gasteiger partial charge in [-0.25, -0.2) is 4.90 Å². The summed E-state index contributed by atoms with van der Waals surface area (Å²) in [6.45, 7) is 5.49. The molecule has 31 heavy (non-hydrogen) atoms. The van der Waals surface area contributed by atoms with Crippen LogP contribution >= 0.6 is 11.6 Å². The summed E-state index contributed by atoms with van der Waals surface area (Å²) in [6.07, 6.45) is 1.71. The molecule has 158 valence electrons. The van der Waals surface area contributed by atoms with Crippen LogP contribution in [0, 0.1) is 17.3 Å². The van der Waals surface area contributed by atoms with Crippen molar-refractivity contribution in [1.82, 2.24) is 5.01 Å². The lowest BCUT2D eigenvalue weighted by Gasteiger charge is -2.35. The van der Waals surface area contributed by atoms with Crippen molar-refractivity contribution in [2.45, 2.75) is 32.9 Å². The first-order valence-electron chi connectivity index (χ1n) is 10.3. The summed E-state index contributed by atoms with van der Waals surface area (Å²) in [4.78, 5) is 42.0. The zero-order valence-corrected chi connectivity index (χ0v) is 18.2. The number of carbonyl (C=O) groups is 3. The lowest BCUT2D eigenvalue weighted by atomic mass is 9.79. The van der Waals surface area contributed by atoms with E-state index in [4.69, 9.17) is 11.6 Å². The molecule has 0 saturated carbocycles. The molecule has 0 N–H and O–H groups in total. The Morgan fingerprint density at radius 2 is 1.61 bits per heavy atom. The minimum Gasteiger partial charge on any atom is -0.297 e. The lowest BCUT2D eigenvalue weighted by Crippen LogP contribution is -2.48. The molecule has 2 fully saturated rings. The monoisotopic (exact) mass is 435 g/mol. The number of carbonyl (C=O) groups excluding carboxylic acids is 3. The molecule has 7 heteroatoms. The predicted octanol–water partition coefficient (Wildman–Crippen LogP) is 3.83. The molecular weight excluding hydrogens is 414 g/mol. The molecule has 3 aliphatic heterocycles. The van der Waals surface area contributed by atoms with Gasteiger partial charge in [-0.3, -0.25) is 19.4 Å². The van der Waals surface area contributed by atoms with E-state index in [1.807, 2.05) is 45.0 Å². The molecule has 2 aromatic carbocycles. The number of hydrogen-bond donors (Lipinski definition) is 0. The second-order valence-electron chi connectivity index (χ2n) is 9.30. The minimum atomic E-state index is -0.798. The number of ketones is 1. The second-order valence-corrected chi connectivity index (χ2v) is 9.73. The van der Waals surface area contributed by atoms with Gasteiger partial charge in [0.25, 0.3) is 0 Å². The number of rotatable bonds is 2. The maximum atomic E-state index is 13.6. The zero-order chi connectivity index (χ0) is 22.1. The fraction of sp³-hybridized carbons (Fsp3) is 0.333. The quantitative estimate of drug-likeness (QED) is 0.672. The molecule has 2 amide bonds. The number of imide groups is 1. The fourth-order valence-electron chi connectivity index (χ4n) is 4.96. The van der Waals surface area contributed by atoms with Crippen LogP contribution in [-0.2, 0) is 14.4 Å². The second kappa shape index (κ2) is 6.76. The molecular formula is C24H22ClN3O3. The first-order valence-corrected chi connectivity index (χ1v) is 10.7. The van der Waals surface area contributed by atoms with E-state index in [2.05, 4.69) is 5.10 Å². The molecule has 0 spiro atoms. The SMILES string of the molecule is CC(C)(C)C(=O)[C@H]1[C@H]2C(=O)N(c3ccc(Cl)cc3)C(=O)[C@H]2[C@H]2c3ccccc3C=NN21. The van der Waals surface area contributed by atoms with Crippen LogP contribution in [0.5, 0.6) is 0 Å². The van der Waals surface area contributed by atoms with Crippen LogP contribution in [0.3, 0.4) is 0 Å². The van der Waals surface area contributed by atoms with E-state index in [-0.39, 0.29) is 17.6 Å². The summed E-state index contributed by atoms with van der Waals surface area (Å²) >= 11 is 5.99. The van der Waals surface area contributed by atoms with E-state index >= 15 is 0 Å². The molecule has 4 atom stereocenters. The van der Waals surface area contributed by atoms with Crippen LogP contribution in [0.15, 0.2) is 53.6 Å². The predicted molar refractivity (Wildman–Crippen MR) is 118 cm³/mol. The highest BCUT2D eigenvalue weighted by atomic mass is 35.5. The van der Waals surface area contributed by atoms with Crippen molar-refractivity contribution in [3.8, 4) is 0 Å². The van der Waals surface area contributed by atoms with Gasteiger partial charge in [0.05, 0.1) is 29.8 Å². The van der Waals surface area contributed by atoms with Gasteiger partial charge in [-0.2, -0.15) is 5.10 Å². The summed E-state index contributed by atoms with van der Waals surface area (Å²) < 4.78 is 0. The minimum absolute atomic E-state index is 0.0966. The number of nitrogens with zero attached hydrogens (tertiary/aromatic N) is 3. The van der Waals surface area contributed by atoms with E-state index in [1.54, 1.807) is 35.5 Å². The Balaban J connectivity index is 1.66. The summed E-state index contributed by atoms with van der Waals surface area (Å²) in [7, 11) is 0. The molecule has 0 unspecified atom stereocenters. The summed E-state index contributed by atoms with van der Waals surface area (Å²) in [5.41, 5.74) is 1.59. The topological polar surface area (TPSA) is 70.0 Å². The Labute approximate surface area is 185 Å². The molecule has 3 aliphatic rings. The van der Waals surface area contributed by atoms with Crippen molar-refractivity contribution in [1.29, 1.82) is 0 Å². The van der Waals surface area contributed by atoms with Crippen LogP contribution in [0.4, 0.5) is 5.69 Å². The molecule has 0 aromatic heterocycles. The van der Waals surface area contributed by atoms with Crippen LogP contribution in [0.25, 0.3) is 0 Å². The van der Waals surface area contributed by atoms with Crippen molar-refractivity contribution in [3.63, 3.8) is 0 Å². The highest BCUT2D eigenvalue weighted by molar-refractivity contribution is 6.31. The van der Waals surface area contributed by atoms with Gasteiger partial charge >= 0.3 is 0 Å². The van der Waals surface area contributed by atoms with Gasteiger partial charge in [-0.1, -0.05) is 56.6 Å². The third-order valence-corrected chi connectivity index (χ3v) is 6.64. The highest BCUT2D eigenvalue weighted by Crippen LogP contribution is 2.53. The van der Waals surface area contributed by atoms with Gasteiger partial charge in [-0.15, -0.1) is 0 Å². The Hall–Kier alpha value is -2.99. The Bertz CT molecular complexity index is 1140. The van der Waals surface area contributed by atoms with Gasteiger partial charge in [0.2, 0.25) is 11.8 Å². The Morgan fingerprint density at radius 1 is 0.968 bits per heavy atom. The summed E-state index contributed by atoms with van der Waals surface area (Å²) in [5.74, 6) is -2.23. The first-order chi connectivity index (χ1) is 14.7. The number of amides is 2. The van der Waals surface area contributed by atoms with Gasteiger partial charge in [0.15, 0.2) is 5.78 Å². The fourth-order valence-corrected chi connectivity index (χ4v) is 5.08. The number of halogens is 1. The zero-order valence-electron chi connectivity index (χ0n) is 17.4. The molecule has 3 heterocycles. The van der Waals surface area contributed by atoms with Crippen molar-refractivity contribution < 1.29 is 14.4 Å². The number of benzene rings is 2. The van der Waals surface area contributed by atoms with Crippen LogP contribution in [0.1, 0.15) is 37.9 Å². The third-order valence-electron chi connectivity index (χ3n) is 6.39. The number of anilines is 1. The maximum Gasteiger partial charge on any atom is 0.240 e. The van der Waals surface area contributed by atoms with Crippen LogP contribution in [0.2, 0.25) is 5.02 Å². The van der Waals surface area contributed by atoms with E-state index in [1.165, 1.54) is 4.90 Å². The molecule has 2 aromatic rings. The van der Waals surface area contributed by atoms with Crippen molar-refractivity contribution in [3.05, 3.63) is 64.7 Å². The van der Waals surface area contributed by atoms with E-state index in [0.29, 0.717) is 10.7 Å². The molecule has 2 saturated heterocycles. The maximum absolute atomic E-state index is 13.6. The van der Waals surface area contributed by atoms with Gasteiger partial charge < -0.3 is 0 Å². The molecule has 6 nitrogen and oxygen atoms in total. The van der Waals surface area contributed by atoms with Crippen molar-refractivity contribution >= 4 is 41.1 Å². The average molecular weight is 436 g/mol. The molecule has 0 radical (unpaired) electrons. The third kappa shape index (κ3) is 2.85.